The lowest BCUT2D eigenvalue weighted by Crippen LogP contribution is -2.25. The number of nitrogen functional groups attached to an aromatic ring is 1. The van der Waals surface area contributed by atoms with Crippen molar-refractivity contribution in [2.75, 3.05) is 18.9 Å². The van der Waals surface area contributed by atoms with Gasteiger partial charge in [0.1, 0.15) is 24.3 Å². The number of anilines is 1. The van der Waals surface area contributed by atoms with E-state index in [2.05, 4.69) is 0 Å². The molecule has 4 nitrogen and oxygen atoms in total. The fraction of sp³-hybridized carbons (Fsp3) is 0.500. The average molecular weight is 276 g/mol. The van der Waals surface area contributed by atoms with Crippen molar-refractivity contribution in [3.8, 4) is 5.75 Å². The van der Waals surface area contributed by atoms with E-state index in [4.69, 9.17) is 31.5 Å². The summed E-state index contributed by atoms with van der Waals surface area (Å²) in [6, 6.07) is 2.49. The smallest absolute Gasteiger partial charge is 0.163 e. The zero-order valence-corrected chi connectivity index (χ0v) is 11.0. The van der Waals surface area contributed by atoms with Gasteiger partial charge in [0.15, 0.2) is 5.79 Å². The van der Waals surface area contributed by atoms with Gasteiger partial charge in [-0.3, -0.25) is 0 Å². The van der Waals surface area contributed by atoms with Crippen LogP contribution in [-0.2, 0) is 9.47 Å². The highest BCUT2D eigenvalue weighted by atomic mass is 35.5. The lowest BCUT2D eigenvalue weighted by molar-refractivity contribution is -0.141. The molecular weight excluding hydrogens is 261 g/mol. The van der Waals surface area contributed by atoms with Crippen molar-refractivity contribution in [1.82, 2.24) is 0 Å². The first-order chi connectivity index (χ1) is 8.37. The third-order valence-corrected chi connectivity index (χ3v) is 2.84. The van der Waals surface area contributed by atoms with Crippen molar-refractivity contribution in [1.29, 1.82) is 0 Å². The summed E-state index contributed by atoms with van der Waals surface area (Å²) in [4.78, 5) is 0. The van der Waals surface area contributed by atoms with Gasteiger partial charge in [0.05, 0.1) is 17.3 Å². The maximum atomic E-state index is 13.1. The van der Waals surface area contributed by atoms with Gasteiger partial charge >= 0.3 is 0 Å². The third kappa shape index (κ3) is 3.04. The fourth-order valence-electron chi connectivity index (χ4n) is 1.68. The van der Waals surface area contributed by atoms with Crippen LogP contribution in [0.4, 0.5) is 10.1 Å². The van der Waals surface area contributed by atoms with Gasteiger partial charge in [-0.15, -0.1) is 0 Å². The van der Waals surface area contributed by atoms with E-state index in [0.717, 1.165) is 6.07 Å². The number of nitrogens with two attached hydrogens (primary N) is 1. The van der Waals surface area contributed by atoms with Crippen LogP contribution in [0.2, 0.25) is 5.02 Å². The van der Waals surface area contributed by atoms with E-state index < -0.39 is 11.6 Å². The summed E-state index contributed by atoms with van der Waals surface area (Å²) in [5, 5.41) is 0.180. The minimum atomic E-state index is -0.598. The summed E-state index contributed by atoms with van der Waals surface area (Å²) in [6.45, 7) is 4.38. The highest BCUT2D eigenvalue weighted by Crippen LogP contribution is 2.30. The van der Waals surface area contributed by atoms with Crippen LogP contribution in [0, 0.1) is 5.82 Å². The molecule has 1 aliphatic rings. The van der Waals surface area contributed by atoms with E-state index in [-0.39, 0.29) is 23.4 Å². The zero-order chi connectivity index (χ0) is 13.3. The van der Waals surface area contributed by atoms with Crippen molar-refractivity contribution in [2.45, 2.75) is 25.7 Å². The van der Waals surface area contributed by atoms with Crippen LogP contribution in [0.1, 0.15) is 13.8 Å². The summed E-state index contributed by atoms with van der Waals surface area (Å²) in [5.41, 5.74) is 5.45. The highest BCUT2D eigenvalue weighted by molar-refractivity contribution is 6.32. The molecule has 1 aromatic carbocycles. The van der Waals surface area contributed by atoms with Gasteiger partial charge in [-0.05, 0) is 19.9 Å². The van der Waals surface area contributed by atoms with Crippen LogP contribution in [0.5, 0.6) is 5.75 Å². The number of hydrogen-bond acceptors (Lipinski definition) is 4. The van der Waals surface area contributed by atoms with Crippen LogP contribution in [-0.4, -0.2) is 25.1 Å². The van der Waals surface area contributed by atoms with Gasteiger partial charge in [-0.25, -0.2) is 4.39 Å². The number of hydrogen-bond donors (Lipinski definition) is 1. The third-order valence-electron chi connectivity index (χ3n) is 2.54. The highest BCUT2D eigenvalue weighted by Gasteiger charge is 2.33. The SMILES string of the molecule is CC1(C)OCC(COc2cc(N)c(F)cc2Cl)O1. The second kappa shape index (κ2) is 4.91. The molecule has 0 radical (unpaired) electrons. The van der Waals surface area contributed by atoms with Crippen LogP contribution < -0.4 is 10.5 Å². The van der Waals surface area contributed by atoms with Gasteiger partial charge in [0.25, 0.3) is 0 Å². The Morgan fingerprint density at radius 1 is 1.56 bits per heavy atom. The number of halogens is 2. The molecule has 0 spiro atoms. The van der Waals surface area contributed by atoms with Gasteiger partial charge < -0.3 is 19.9 Å². The van der Waals surface area contributed by atoms with Crippen molar-refractivity contribution in [2.24, 2.45) is 0 Å². The molecule has 1 heterocycles. The van der Waals surface area contributed by atoms with Crippen molar-refractivity contribution >= 4 is 17.3 Å². The Bertz CT molecular complexity index is 453. The summed E-state index contributed by atoms with van der Waals surface area (Å²) < 4.78 is 29.5. The molecule has 6 heteroatoms. The van der Waals surface area contributed by atoms with Crippen LogP contribution in [0.3, 0.4) is 0 Å². The minimum absolute atomic E-state index is 0.00156. The largest absolute Gasteiger partial charge is 0.489 e. The molecule has 1 unspecified atom stereocenters. The molecule has 1 atom stereocenters. The molecule has 1 aliphatic heterocycles. The van der Waals surface area contributed by atoms with Gasteiger partial charge in [-0.1, -0.05) is 11.6 Å². The normalized spacial score (nSPS) is 22.1. The minimum Gasteiger partial charge on any atom is -0.489 e. The van der Waals surface area contributed by atoms with E-state index in [1.807, 2.05) is 13.8 Å². The Balaban J connectivity index is 1.97. The van der Waals surface area contributed by atoms with Crippen molar-refractivity contribution < 1.29 is 18.6 Å². The molecule has 0 aromatic heterocycles. The van der Waals surface area contributed by atoms with E-state index in [1.54, 1.807) is 0 Å². The summed E-state index contributed by atoms with van der Waals surface area (Å²) in [6.07, 6.45) is -0.178. The molecule has 0 saturated carbocycles. The standard InChI is InChI=1S/C12H15ClFNO3/c1-12(2)17-6-7(18-12)5-16-11-4-10(15)9(14)3-8(11)13/h3-4,7H,5-6,15H2,1-2H3. The average Bonchev–Trinajstić information content (AvgIpc) is 2.62. The first-order valence-corrected chi connectivity index (χ1v) is 5.94. The maximum absolute atomic E-state index is 13.1. The van der Waals surface area contributed by atoms with E-state index in [0.29, 0.717) is 12.4 Å². The molecular formula is C12H15ClFNO3. The Hall–Kier alpha value is -1.04. The fourth-order valence-corrected chi connectivity index (χ4v) is 1.89. The molecule has 0 amide bonds. The topological polar surface area (TPSA) is 53.7 Å². The van der Waals surface area contributed by atoms with E-state index in [9.17, 15) is 4.39 Å². The molecule has 2 rings (SSSR count). The Kier molecular flexibility index (Phi) is 3.66. The van der Waals surface area contributed by atoms with Gasteiger partial charge in [0, 0.05) is 6.07 Å². The number of ether oxygens (including phenoxy) is 3. The lowest BCUT2D eigenvalue weighted by Gasteiger charge is -2.17. The first-order valence-electron chi connectivity index (χ1n) is 5.56. The molecule has 18 heavy (non-hydrogen) atoms. The molecule has 2 N–H and O–H groups in total. The maximum Gasteiger partial charge on any atom is 0.163 e. The number of rotatable bonds is 3. The zero-order valence-electron chi connectivity index (χ0n) is 10.2. The number of benzene rings is 1. The summed E-state index contributed by atoms with van der Waals surface area (Å²) >= 11 is 5.85. The van der Waals surface area contributed by atoms with E-state index >= 15 is 0 Å². The second-order valence-corrected chi connectivity index (χ2v) is 4.97. The molecule has 1 fully saturated rings. The summed E-state index contributed by atoms with van der Waals surface area (Å²) in [7, 11) is 0. The molecule has 1 aromatic rings. The van der Waals surface area contributed by atoms with Crippen molar-refractivity contribution in [3.05, 3.63) is 23.0 Å². The Morgan fingerprint density at radius 2 is 2.28 bits per heavy atom. The Labute approximate surface area is 110 Å². The summed E-state index contributed by atoms with van der Waals surface area (Å²) in [5.74, 6) is -0.822. The predicted molar refractivity (Wildman–Crippen MR) is 66.2 cm³/mol. The van der Waals surface area contributed by atoms with E-state index in [1.165, 1.54) is 6.07 Å². The van der Waals surface area contributed by atoms with Gasteiger partial charge in [0.2, 0.25) is 0 Å². The monoisotopic (exact) mass is 275 g/mol. The molecule has 100 valence electrons. The van der Waals surface area contributed by atoms with Crippen LogP contribution in [0.25, 0.3) is 0 Å². The lowest BCUT2D eigenvalue weighted by atomic mass is 10.3. The van der Waals surface area contributed by atoms with Crippen LogP contribution >= 0.6 is 11.6 Å². The van der Waals surface area contributed by atoms with Crippen LogP contribution in [0.15, 0.2) is 12.1 Å². The molecule has 0 aliphatic carbocycles. The van der Waals surface area contributed by atoms with Crippen molar-refractivity contribution in [3.63, 3.8) is 0 Å². The first kappa shape index (κ1) is 13.4. The van der Waals surface area contributed by atoms with Gasteiger partial charge in [-0.2, -0.15) is 0 Å². The Morgan fingerprint density at radius 3 is 2.89 bits per heavy atom. The second-order valence-electron chi connectivity index (χ2n) is 4.57. The molecule has 0 bridgehead atoms. The predicted octanol–water partition coefficient (Wildman–Crippen LogP) is 2.59. The molecule has 1 saturated heterocycles. The quantitative estimate of drug-likeness (QED) is 0.862.